The third kappa shape index (κ3) is 4.19. The van der Waals surface area contributed by atoms with E-state index in [-0.39, 0.29) is 6.04 Å². The van der Waals surface area contributed by atoms with Gasteiger partial charge in [-0.05, 0) is 18.9 Å². The number of rotatable bonds is 6. The van der Waals surface area contributed by atoms with Gasteiger partial charge in [0, 0.05) is 31.4 Å². The molecule has 0 saturated heterocycles. The van der Waals surface area contributed by atoms with Gasteiger partial charge in [-0.2, -0.15) is 5.10 Å². The van der Waals surface area contributed by atoms with E-state index in [0.717, 1.165) is 17.7 Å². The van der Waals surface area contributed by atoms with Gasteiger partial charge in [-0.25, -0.2) is 0 Å². The number of aliphatic hydroxyl groups is 1. The first-order valence-electron chi connectivity index (χ1n) is 6.59. The lowest BCUT2D eigenvalue weighted by Gasteiger charge is -2.17. The molecule has 1 heterocycles. The molecule has 0 spiro atoms. The molecule has 1 aromatic carbocycles. The van der Waals surface area contributed by atoms with Gasteiger partial charge in [0.1, 0.15) is 0 Å². The van der Waals surface area contributed by atoms with Gasteiger partial charge in [0.05, 0.1) is 12.3 Å². The van der Waals surface area contributed by atoms with E-state index in [2.05, 4.69) is 17.3 Å². The number of aliphatic hydroxyl groups excluding tert-OH is 1. The van der Waals surface area contributed by atoms with Crippen LogP contribution in [0.3, 0.4) is 0 Å². The Hall–Kier alpha value is -1.65. The molecular formula is C15H21N3O. The topological polar surface area (TPSA) is 50.1 Å². The van der Waals surface area contributed by atoms with Crippen molar-refractivity contribution in [3.8, 4) is 0 Å². The number of nitrogens with zero attached hydrogens (tertiary/aromatic N) is 2. The van der Waals surface area contributed by atoms with E-state index in [1.807, 2.05) is 49.8 Å². The number of aromatic nitrogens is 2. The van der Waals surface area contributed by atoms with E-state index in [0.29, 0.717) is 6.42 Å². The maximum atomic E-state index is 10.1. The number of hydrogen-bond acceptors (Lipinski definition) is 3. The maximum absolute atomic E-state index is 10.1. The lowest BCUT2D eigenvalue weighted by Crippen LogP contribution is -2.27. The number of nitrogens with one attached hydrogen (secondary N) is 1. The SMILES string of the molecule is CC(CC(O)c1ccccc1)NCc1cnn(C)c1. The molecule has 2 N–H and O–H groups in total. The molecule has 0 aliphatic rings. The summed E-state index contributed by atoms with van der Waals surface area (Å²) in [6.07, 6.45) is 4.13. The monoisotopic (exact) mass is 259 g/mol. The third-order valence-corrected chi connectivity index (χ3v) is 3.17. The first-order chi connectivity index (χ1) is 9.15. The molecule has 4 heteroatoms. The van der Waals surface area contributed by atoms with E-state index >= 15 is 0 Å². The molecule has 19 heavy (non-hydrogen) atoms. The van der Waals surface area contributed by atoms with E-state index in [9.17, 15) is 5.11 Å². The standard InChI is InChI=1S/C15H21N3O/c1-12(16-9-13-10-17-18(2)11-13)8-15(19)14-6-4-3-5-7-14/h3-7,10-12,15-16,19H,8-9H2,1-2H3. The molecule has 1 aromatic heterocycles. The lowest BCUT2D eigenvalue weighted by molar-refractivity contribution is 0.154. The zero-order chi connectivity index (χ0) is 13.7. The predicted octanol–water partition coefficient (Wildman–Crippen LogP) is 2.02. The van der Waals surface area contributed by atoms with Gasteiger partial charge in [0.2, 0.25) is 0 Å². The van der Waals surface area contributed by atoms with Crippen LogP contribution in [0.4, 0.5) is 0 Å². The summed E-state index contributed by atoms with van der Waals surface area (Å²) < 4.78 is 1.79. The van der Waals surface area contributed by atoms with Crippen LogP contribution in [-0.2, 0) is 13.6 Å². The molecule has 2 atom stereocenters. The van der Waals surface area contributed by atoms with Crippen molar-refractivity contribution in [2.45, 2.75) is 32.0 Å². The Kier molecular flexibility index (Phi) is 4.71. The van der Waals surface area contributed by atoms with E-state index < -0.39 is 6.10 Å². The van der Waals surface area contributed by atoms with E-state index in [4.69, 9.17) is 0 Å². The van der Waals surface area contributed by atoms with Crippen molar-refractivity contribution in [2.75, 3.05) is 0 Å². The second-order valence-electron chi connectivity index (χ2n) is 4.97. The molecule has 2 rings (SSSR count). The molecule has 102 valence electrons. The molecule has 0 saturated carbocycles. The Morgan fingerprint density at radius 1 is 1.32 bits per heavy atom. The van der Waals surface area contributed by atoms with Gasteiger partial charge in [-0.3, -0.25) is 4.68 Å². The molecule has 2 aromatic rings. The lowest BCUT2D eigenvalue weighted by atomic mass is 10.0. The van der Waals surface area contributed by atoms with E-state index in [1.54, 1.807) is 4.68 Å². The van der Waals surface area contributed by atoms with Crippen molar-refractivity contribution in [3.05, 3.63) is 53.9 Å². The zero-order valence-electron chi connectivity index (χ0n) is 11.5. The van der Waals surface area contributed by atoms with Gasteiger partial charge >= 0.3 is 0 Å². The Bertz CT molecular complexity index is 495. The Morgan fingerprint density at radius 2 is 2.05 bits per heavy atom. The summed E-state index contributed by atoms with van der Waals surface area (Å²) in [6, 6.07) is 10.0. The fraction of sp³-hybridized carbons (Fsp3) is 0.400. The summed E-state index contributed by atoms with van der Waals surface area (Å²) >= 11 is 0. The smallest absolute Gasteiger partial charge is 0.0804 e. The molecular weight excluding hydrogens is 238 g/mol. The third-order valence-electron chi connectivity index (χ3n) is 3.17. The first kappa shape index (κ1) is 13.8. The minimum atomic E-state index is -0.419. The molecule has 0 bridgehead atoms. The molecule has 4 nitrogen and oxygen atoms in total. The average Bonchev–Trinajstić information content (AvgIpc) is 2.83. The normalized spacial score (nSPS) is 14.3. The fourth-order valence-electron chi connectivity index (χ4n) is 2.08. The Morgan fingerprint density at radius 3 is 2.68 bits per heavy atom. The van der Waals surface area contributed by atoms with Crippen LogP contribution in [-0.4, -0.2) is 20.9 Å². The second kappa shape index (κ2) is 6.50. The van der Waals surface area contributed by atoms with E-state index in [1.165, 1.54) is 0 Å². The molecule has 0 fully saturated rings. The summed E-state index contributed by atoms with van der Waals surface area (Å²) in [6.45, 7) is 2.86. The maximum Gasteiger partial charge on any atom is 0.0804 e. The van der Waals surface area contributed by atoms with Gasteiger partial charge in [-0.1, -0.05) is 30.3 Å². The number of hydrogen-bond donors (Lipinski definition) is 2. The number of aryl methyl sites for hydroxylation is 1. The van der Waals surface area contributed by atoms with Crippen molar-refractivity contribution in [1.29, 1.82) is 0 Å². The highest BCUT2D eigenvalue weighted by atomic mass is 16.3. The Labute approximate surface area is 114 Å². The van der Waals surface area contributed by atoms with Gasteiger partial charge in [0.25, 0.3) is 0 Å². The Balaban J connectivity index is 1.79. The van der Waals surface area contributed by atoms with Gasteiger partial charge < -0.3 is 10.4 Å². The fourth-order valence-corrected chi connectivity index (χ4v) is 2.08. The second-order valence-corrected chi connectivity index (χ2v) is 4.97. The van der Waals surface area contributed by atoms with Gasteiger partial charge in [-0.15, -0.1) is 0 Å². The van der Waals surface area contributed by atoms with Crippen LogP contribution in [0.5, 0.6) is 0 Å². The quantitative estimate of drug-likeness (QED) is 0.834. The van der Waals surface area contributed by atoms with Crippen LogP contribution in [0.25, 0.3) is 0 Å². The minimum absolute atomic E-state index is 0.246. The summed E-state index contributed by atoms with van der Waals surface area (Å²) in [5.41, 5.74) is 2.13. The van der Waals surface area contributed by atoms with Crippen LogP contribution >= 0.6 is 0 Å². The summed E-state index contributed by atoms with van der Waals surface area (Å²) in [5.74, 6) is 0. The molecule has 0 radical (unpaired) electrons. The van der Waals surface area contributed by atoms with Crippen molar-refractivity contribution < 1.29 is 5.11 Å². The first-order valence-corrected chi connectivity index (χ1v) is 6.59. The van der Waals surface area contributed by atoms with Crippen LogP contribution < -0.4 is 5.32 Å². The zero-order valence-corrected chi connectivity index (χ0v) is 11.5. The summed E-state index contributed by atoms with van der Waals surface area (Å²) in [7, 11) is 1.91. The van der Waals surface area contributed by atoms with Crippen molar-refractivity contribution >= 4 is 0 Å². The van der Waals surface area contributed by atoms with Crippen molar-refractivity contribution in [3.63, 3.8) is 0 Å². The molecule has 2 unspecified atom stereocenters. The largest absolute Gasteiger partial charge is 0.388 e. The van der Waals surface area contributed by atoms with Crippen LogP contribution in [0.2, 0.25) is 0 Å². The summed E-state index contributed by atoms with van der Waals surface area (Å²) in [4.78, 5) is 0. The average molecular weight is 259 g/mol. The number of benzene rings is 1. The predicted molar refractivity (Wildman–Crippen MR) is 75.5 cm³/mol. The van der Waals surface area contributed by atoms with Crippen LogP contribution in [0.1, 0.15) is 30.6 Å². The highest BCUT2D eigenvalue weighted by Crippen LogP contribution is 2.17. The molecule has 0 aliphatic carbocycles. The van der Waals surface area contributed by atoms with Crippen molar-refractivity contribution in [1.82, 2.24) is 15.1 Å². The van der Waals surface area contributed by atoms with Gasteiger partial charge in [0.15, 0.2) is 0 Å². The summed E-state index contributed by atoms with van der Waals surface area (Å²) in [5, 5.41) is 17.7. The minimum Gasteiger partial charge on any atom is -0.388 e. The van der Waals surface area contributed by atoms with Crippen molar-refractivity contribution in [2.24, 2.45) is 7.05 Å². The van der Waals surface area contributed by atoms with Crippen LogP contribution in [0.15, 0.2) is 42.7 Å². The molecule has 0 amide bonds. The molecule has 0 aliphatic heterocycles. The highest BCUT2D eigenvalue weighted by molar-refractivity contribution is 5.17. The van der Waals surface area contributed by atoms with Crippen LogP contribution in [0, 0.1) is 0 Å². The highest BCUT2D eigenvalue weighted by Gasteiger charge is 2.11.